The van der Waals surface area contributed by atoms with Crippen LogP contribution in [0.4, 0.5) is 17.1 Å². The summed E-state index contributed by atoms with van der Waals surface area (Å²) in [6.07, 6.45) is 0. The lowest BCUT2D eigenvalue weighted by molar-refractivity contribution is 0.669. The fourth-order valence-corrected chi connectivity index (χ4v) is 9.11. The fraction of sp³-hybridized carbons (Fsp3) is 0. The SMILES string of the molecule is c1ccc(-c2ccc(N(c3ccc(-c4cc(-c5ccccc5)cc(-c5ccc6oc7ccccc7c6c5)c4)cc3)c3ccc(-c4cccc5c4oc4ccccc45)cc3)cc2)cc1. The predicted molar refractivity (Wildman–Crippen MR) is 263 cm³/mol. The highest BCUT2D eigenvalue weighted by atomic mass is 16.3. The van der Waals surface area contributed by atoms with Gasteiger partial charge < -0.3 is 13.7 Å². The number of para-hydroxylation sites is 3. The quantitative estimate of drug-likeness (QED) is 0.153. The summed E-state index contributed by atoms with van der Waals surface area (Å²) in [4.78, 5) is 2.33. The number of rotatable bonds is 8. The van der Waals surface area contributed by atoms with Gasteiger partial charge in [-0.05, 0) is 129 Å². The highest BCUT2D eigenvalue weighted by molar-refractivity contribution is 6.10. The lowest BCUT2D eigenvalue weighted by atomic mass is 9.92. The van der Waals surface area contributed by atoms with Gasteiger partial charge in [-0.15, -0.1) is 0 Å². The van der Waals surface area contributed by atoms with Gasteiger partial charge in [-0.25, -0.2) is 0 Å². The Balaban J connectivity index is 0.942. The highest BCUT2D eigenvalue weighted by Gasteiger charge is 2.17. The molecule has 0 saturated carbocycles. The number of fused-ring (bicyclic) bond motifs is 6. The molecule has 0 aliphatic rings. The summed E-state index contributed by atoms with van der Waals surface area (Å²) in [5.74, 6) is 0. The Kier molecular flexibility index (Phi) is 8.83. The molecule has 0 saturated heterocycles. The van der Waals surface area contributed by atoms with Crippen LogP contribution >= 0.6 is 0 Å². The van der Waals surface area contributed by atoms with E-state index in [0.717, 1.165) is 94.3 Å². The van der Waals surface area contributed by atoms with Crippen molar-refractivity contribution in [1.29, 1.82) is 0 Å². The molecule has 63 heavy (non-hydrogen) atoms. The Hall–Kier alpha value is -8.40. The van der Waals surface area contributed by atoms with E-state index in [1.54, 1.807) is 0 Å². The van der Waals surface area contributed by atoms with E-state index < -0.39 is 0 Å². The zero-order valence-corrected chi connectivity index (χ0v) is 34.3. The molecule has 0 aliphatic carbocycles. The summed E-state index contributed by atoms with van der Waals surface area (Å²) in [6, 6.07) is 84.2. The van der Waals surface area contributed by atoms with Gasteiger partial charge >= 0.3 is 0 Å². The number of nitrogens with zero attached hydrogens (tertiary/aromatic N) is 1. The molecule has 0 amide bonds. The zero-order valence-electron chi connectivity index (χ0n) is 34.3. The van der Waals surface area contributed by atoms with Crippen LogP contribution < -0.4 is 4.90 Å². The second-order valence-electron chi connectivity index (χ2n) is 16.1. The summed E-state index contributed by atoms with van der Waals surface area (Å²) < 4.78 is 12.6. The molecule has 2 heterocycles. The summed E-state index contributed by atoms with van der Waals surface area (Å²) in [5, 5.41) is 4.51. The van der Waals surface area contributed by atoms with E-state index >= 15 is 0 Å². The second-order valence-corrected chi connectivity index (χ2v) is 16.1. The molecule has 0 fully saturated rings. The van der Waals surface area contributed by atoms with E-state index in [4.69, 9.17) is 8.83 Å². The molecule has 0 N–H and O–H groups in total. The molecular weight excluding hydrogens is 767 g/mol. The zero-order chi connectivity index (χ0) is 41.7. The molecule has 0 atom stereocenters. The summed E-state index contributed by atoms with van der Waals surface area (Å²) in [6.45, 7) is 0. The molecule has 2 aromatic heterocycles. The van der Waals surface area contributed by atoms with E-state index in [1.165, 1.54) is 22.3 Å². The van der Waals surface area contributed by atoms with Crippen LogP contribution in [0.3, 0.4) is 0 Å². The standard InChI is InChI=1S/C60H39NO2/c1-3-12-40(13-4-1)42-22-29-49(30-23-42)61(51-33-26-44(27-34-51)52-18-11-19-55-53-16-7-10-21-58(53)63-60(52)55)50-31-24-43(25-32-50)47-36-46(41-14-5-2-6-15-41)37-48(38-47)45-28-35-59-56(39-45)54-17-8-9-20-57(54)62-59/h1-39H. The maximum Gasteiger partial charge on any atom is 0.143 e. The minimum absolute atomic E-state index is 0.896. The third-order valence-electron chi connectivity index (χ3n) is 12.3. The van der Waals surface area contributed by atoms with E-state index in [2.05, 4.69) is 217 Å². The van der Waals surface area contributed by atoms with Gasteiger partial charge in [-0.2, -0.15) is 0 Å². The van der Waals surface area contributed by atoms with Gasteiger partial charge in [0.05, 0.1) is 0 Å². The Bertz CT molecular complexity index is 3580. The third-order valence-corrected chi connectivity index (χ3v) is 12.3. The van der Waals surface area contributed by atoms with Gasteiger partial charge in [0.25, 0.3) is 0 Å². The lowest BCUT2D eigenvalue weighted by Gasteiger charge is -2.26. The molecule has 0 unspecified atom stereocenters. The van der Waals surface area contributed by atoms with Crippen LogP contribution in [0, 0.1) is 0 Å². The summed E-state index contributed by atoms with van der Waals surface area (Å²) in [7, 11) is 0. The van der Waals surface area contributed by atoms with Crippen molar-refractivity contribution in [3.8, 4) is 55.6 Å². The molecule has 12 rings (SSSR count). The first-order valence-electron chi connectivity index (χ1n) is 21.4. The number of hydrogen-bond acceptors (Lipinski definition) is 3. The topological polar surface area (TPSA) is 29.5 Å². The smallest absolute Gasteiger partial charge is 0.143 e. The average molecular weight is 806 g/mol. The average Bonchev–Trinajstić information content (AvgIpc) is 3.94. The number of hydrogen-bond donors (Lipinski definition) is 0. The van der Waals surface area contributed by atoms with Crippen molar-refractivity contribution in [2.75, 3.05) is 4.90 Å². The van der Waals surface area contributed by atoms with Crippen molar-refractivity contribution in [3.05, 3.63) is 237 Å². The molecule has 0 aliphatic heterocycles. The molecule has 0 bridgehead atoms. The van der Waals surface area contributed by atoms with Crippen molar-refractivity contribution in [3.63, 3.8) is 0 Å². The lowest BCUT2D eigenvalue weighted by Crippen LogP contribution is -2.09. The Morgan fingerprint density at radius 1 is 0.238 bits per heavy atom. The van der Waals surface area contributed by atoms with E-state index in [9.17, 15) is 0 Å². The van der Waals surface area contributed by atoms with E-state index in [-0.39, 0.29) is 0 Å². The van der Waals surface area contributed by atoms with Crippen LogP contribution in [0.5, 0.6) is 0 Å². The van der Waals surface area contributed by atoms with Crippen LogP contribution in [0.2, 0.25) is 0 Å². The number of furan rings is 2. The van der Waals surface area contributed by atoms with Crippen LogP contribution in [0.1, 0.15) is 0 Å². The normalized spacial score (nSPS) is 11.5. The molecule has 12 aromatic rings. The minimum atomic E-state index is 0.896. The number of benzene rings is 10. The predicted octanol–water partition coefficient (Wildman–Crippen LogP) is 17.3. The van der Waals surface area contributed by atoms with Gasteiger partial charge in [0, 0.05) is 44.2 Å². The van der Waals surface area contributed by atoms with Crippen molar-refractivity contribution in [2.24, 2.45) is 0 Å². The summed E-state index contributed by atoms with van der Waals surface area (Å²) in [5.41, 5.74) is 18.3. The maximum absolute atomic E-state index is 6.43. The Morgan fingerprint density at radius 2 is 0.651 bits per heavy atom. The van der Waals surface area contributed by atoms with Crippen LogP contribution in [-0.4, -0.2) is 0 Å². The van der Waals surface area contributed by atoms with Gasteiger partial charge in [0.15, 0.2) is 0 Å². The molecular formula is C60H39NO2. The minimum Gasteiger partial charge on any atom is -0.456 e. The van der Waals surface area contributed by atoms with E-state index in [0.29, 0.717) is 0 Å². The van der Waals surface area contributed by atoms with Crippen LogP contribution in [0.25, 0.3) is 99.5 Å². The Labute approximate surface area is 365 Å². The van der Waals surface area contributed by atoms with Gasteiger partial charge in [0.2, 0.25) is 0 Å². The molecule has 0 radical (unpaired) electrons. The molecule has 0 spiro atoms. The number of anilines is 3. The van der Waals surface area contributed by atoms with Crippen molar-refractivity contribution >= 4 is 60.9 Å². The van der Waals surface area contributed by atoms with E-state index in [1.807, 2.05) is 24.3 Å². The molecule has 10 aromatic carbocycles. The monoisotopic (exact) mass is 805 g/mol. The van der Waals surface area contributed by atoms with Crippen molar-refractivity contribution in [2.45, 2.75) is 0 Å². The first kappa shape index (κ1) is 36.5. The van der Waals surface area contributed by atoms with Gasteiger partial charge in [0.1, 0.15) is 22.3 Å². The Morgan fingerprint density at radius 3 is 1.25 bits per heavy atom. The van der Waals surface area contributed by atoms with Crippen LogP contribution in [0.15, 0.2) is 245 Å². The maximum atomic E-state index is 6.43. The van der Waals surface area contributed by atoms with Crippen LogP contribution in [-0.2, 0) is 0 Å². The van der Waals surface area contributed by atoms with Gasteiger partial charge in [-0.3, -0.25) is 0 Å². The fourth-order valence-electron chi connectivity index (χ4n) is 9.11. The van der Waals surface area contributed by atoms with Gasteiger partial charge in [-0.1, -0.05) is 158 Å². The highest BCUT2D eigenvalue weighted by Crippen LogP contribution is 2.41. The van der Waals surface area contributed by atoms with Crippen molar-refractivity contribution in [1.82, 2.24) is 0 Å². The first-order valence-corrected chi connectivity index (χ1v) is 21.4. The first-order chi connectivity index (χ1) is 31.2. The van der Waals surface area contributed by atoms with Crippen molar-refractivity contribution < 1.29 is 8.83 Å². The second kappa shape index (κ2) is 15.3. The largest absolute Gasteiger partial charge is 0.456 e. The molecule has 3 heteroatoms. The molecule has 296 valence electrons. The molecule has 3 nitrogen and oxygen atoms in total. The third kappa shape index (κ3) is 6.64. The summed E-state index contributed by atoms with van der Waals surface area (Å²) >= 11 is 0.